The van der Waals surface area contributed by atoms with E-state index in [0.717, 1.165) is 25.0 Å². The van der Waals surface area contributed by atoms with E-state index in [2.05, 4.69) is 24.0 Å². The third kappa shape index (κ3) is 3.85. The van der Waals surface area contributed by atoms with Crippen LogP contribution in [0.5, 0.6) is 0 Å². The van der Waals surface area contributed by atoms with Crippen LogP contribution >= 0.6 is 0 Å². The molecule has 1 N–H and O–H groups in total. The lowest BCUT2D eigenvalue weighted by molar-refractivity contribution is -0.115. The molecular weight excluding hydrogens is 274 g/mol. The molecule has 0 spiro atoms. The quantitative estimate of drug-likeness (QED) is 0.638. The summed E-state index contributed by atoms with van der Waals surface area (Å²) in [5, 5.41) is 10.2. The van der Waals surface area contributed by atoms with E-state index in [9.17, 15) is 9.90 Å². The van der Waals surface area contributed by atoms with Crippen molar-refractivity contribution in [2.24, 2.45) is 4.99 Å². The molecule has 118 valence electrons. The van der Waals surface area contributed by atoms with E-state index >= 15 is 0 Å². The van der Waals surface area contributed by atoms with Gasteiger partial charge in [0, 0.05) is 25.1 Å². The largest absolute Gasteiger partial charge is 0.511 e. The monoisotopic (exact) mass is 299 g/mol. The fourth-order valence-corrected chi connectivity index (χ4v) is 2.93. The summed E-state index contributed by atoms with van der Waals surface area (Å²) in [6.45, 7) is 4.77. The van der Waals surface area contributed by atoms with Gasteiger partial charge in [0.2, 0.25) is 0 Å². The van der Waals surface area contributed by atoms with Crippen molar-refractivity contribution in [1.29, 1.82) is 0 Å². The van der Waals surface area contributed by atoms with Crippen molar-refractivity contribution in [2.45, 2.75) is 51.9 Å². The Labute approximate surface area is 132 Å². The van der Waals surface area contributed by atoms with Crippen molar-refractivity contribution in [3.63, 3.8) is 0 Å². The number of ketones is 1. The van der Waals surface area contributed by atoms with Crippen molar-refractivity contribution in [2.75, 3.05) is 6.54 Å². The minimum atomic E-state index is 0.0286. The number of aliphatic imine (C=N–C) groups is 1. The molecule has 1 aromatic carbocycles. The number of nitrogens with zero attached hydrogens (tertiary/aromatic N) is 1. The Hall–Kier alpha value is -1.90. The number of hydrogen-bond donors (Lipinski definition) is 1. The van der Waals surface area contributed by atoms with Gasteiger partial charge in [-0.25, -0.2) is 0 Å². The zero-order valence-corrected chi connectivity index (χ0v) is 13.5. The van der Waals surface area contributed by atoms with Crippen molar-refractivity contribution in [3.05, 3.63) is 47.2 Å². The number of aliphatic hydroxyl groups is 1. The first kappa shape index (κ1) is 16.5. The van der Waals surface area contributed by atoms with Gasteiger partial charge in [0.1, 0.15) is 5.76 Å². The highest BCUT2D eigenvalue weighted by Crippen LogP contribution is 2.33. The van der Waals surface area contributed by atoms with Gasteiger partial charge >= 0.3 is 0 Å². The number of hydrogen-bond acceptors (Lipinski definition) is 3. The van der Waals surface area contributed by atoms with E-state index in [0.29, 0.717) is 25.0 Å². The van der Waals surface area contributed by atoms with Gasteiger partial charge in [-0.15, -0.1) is 0 Å². The molecule has 22 heavy (non-hydrogen) atoms. The van der Waals surface area contributed by atoms with Crippen LogP contribution in [-0.4, -0.2) is 23.1 Å². The van der Waals surface area contributed by atoms with E-state index in [4.69, 9.17) is 0 Å². The Kier molecular flexibility index (Phi) is 5.93. The Morgan fingerprint density at radius 3 is 2.55 bits per heavy atom. The molecule has 0 amide bonds. The second-order valence-electron chi connectivity index (χ2n) is 5.84. The van der Waals surface area contributed by atoms with Gasteiger partial charge < -0.3 is 5.11 Å². The Bertz CT molecular complexity index is 572. The van der Waals surface area contributed by atoms with Gasteiger partial charge in [0.25, 0.3) is 0 Å². The highest BCUT2D eigenvalue weighted by molar-refractivity contribution is 6.24. The maximum Gasteiger partial charge on any atom is 0.168 e. The summed E-state index contributed by atoms with van der Waals surface area (Å²) >= 11 is 0. The Balaban J connectivity index is 2.33. The molecule has 0 bridgehead atoms. The summed E-state index contributed by atoms with van der Waals surface area (Å²) in [7, 11) is 0. The van der Waals surface area contributed by atoms with E-state index in [1.54, 1.807) is 0 Å². The molecule has 1 aliphatic carbocycles. The summed E-state index contributed by atoms with van der Waals surface area (Å²) in [6, 6.07) is 10.1. The zero-order chi connectivity index (χ0) is 15.9. The predicted molar refractivity (Wildman–Crippen MR) is 90.6 cm³/mol. The average molecular weight is 299 g/mol. The second-order valence-corrected chi connectivity index (χ2v) is 5.84. The van der Waals surface area contributed by atoms with Crippen LogP contribution in [0.2, 0.25) is 0 Å². The molecule has 3 nitrogen and oxygen atoms in total. The van der Waals surface area contributed by atoms with Crippen LogP contribution in [0, 0.1) is 0 Å². The maximum atomic E-state index is 12.6. The lowest BCUT2D eigenvalue weighted by Crippen LogP contribution is -2.27. The van der Waals surface area contributed by atoms with Crippen LogP contribution < -0.4 is 0 Å². The first-order valence-electron chi connectivity index (χ1n) is 8.21. The number of rotatable bonds is 5. The van der Waals surface area contributed by atoms with Crippen molar-refractivity contribution >= 4 is 11.5 Å². The summed E-state index contributed by atoms with van der Waals surface area (Å²) in [4.78, 5) is 17.2. The Morgan fingerprint density at radius 2 is 1.91 bits per heavy atom. The fraction of sp³-hybridized carbons (Fsp3) is 0.474. The van der Waals surface area contributed by atoms with Crippen LogP contribution in [-0.2, 0) is 4.79 Å². The van der Waals surface area contributed by atoms with Gasteiger partial charge in [-0.3, -0.25) is 9.79 Å². The normalized spacial score (nSPS) is 22.9. The third-order valence-corrected chi connectivity index (χ3v) is 4.01. The molecule has 1 fully saturated rings. The van der Waals surface area contributed by atoms with Crippen LogP contribution in [0.3, 0.4) is 0 Å². The zero-order valence-electron chi connectivity index (χ0n) is 13.5. The molecule has 0 radical (unpaired) electrons. The lowest BCUT2D eigenvalue weighted by Gasteiger charge is -2.26. The van der Waals surface area contributed by atoms with Crippen LogP contribution in [0.25, 0.3) is 0 Å². The van der Waals surface area contributed by atoms with E-state index in [-0.39, 0.29) is 17.5 Å². The fourth-order valence-electron chi connectivity index (χ4n) is 2.93. The first-order chi connectivity index (χ1) is 10.7. The van der Waals surface area contributed by atoms with Crippen LogP contribution in [0.4, 0.5) is 0 Å². The standard InChI is InChI=1S/C19H25NO2/c1-3-8-17(21)19-16(20-11-4-2)12-15(13-18(19)22)14-9-6-5-7-10-14/h5-7,9-10,15,21H,3-4,8,11-13H2,1-2H3/b19-17-,20-16?. The smallest absolute Gasteiger partial charge is 0.168 e. The number of allylic oxidation sites excluding steroid dienone is 2. The van der Waals surface area contributed by atoms with Crippen molar-refractivity contribution in [3.8, 4) is 0 Å². The first-order valence-corrected chi connectivity index (χ1v) is 8.21. The SMILES string of the molecule is CCCN=C1CC(c2ccccc2)CC(=O)/C1=C(\O)CCC. The molecule has 1 unspecified atom stereocenters. The molecule has 0 saturated heterocycles. The van der Waals surface area contributed by atoms with E-state index in [1.165, 1.54) is 5.56 Å². The van der Waals surface area contributed by atoms with Crippen LogP contribution in [0.1, 0.15) is 57.4 Å². The molecule has 1 aromatic rings. The molecule has 0 aliphatic heterocycles. The molecule has 1 atom stereocenters. The number of carbonyl (C=O) groups excluding carboxylic acids is 1. The molecule has 1 saturated carbocycles. The highest BCUT2D eigenvalue weighted by Gasteiger charge is 2.31. The van der Waals surface area contributed by atoms with Gasteiger partial charge in [0.05, 0.1) is 5.57 Å². The van der Waals surface area contributed by atoms with Gasteiger partial charge in [-0.05, 0) is 30.7 Å². The van der Waals surface area contributed by atoms with E-state index < -0.39 is 0 Å². The van der Waals surface area contributed by atoms with Crippen molar-refractivity contribution < 1.29 is 9.90 Å². The van der Waals surface area contributed by atoms with E-state index in [1.807, 2.05) is 25.1 Å². The molecule has 1 aliphatic rings. The minimum absolute atomic E-state index is 0.0286. The van der Waals surface area contributed by atoms with Gasteiger partial charge in [0.15, 0.2) is 5.78 Å². The predicted octanol–water partition coefficient (Wildman–Crippen LogP) is 4.60. The van der Waals surface area contributed by atoms with Gasteiger partial charge in [-0.1, -0.05) is 44.2 Å². The topological polar surface area (TPSA) is 49.7 Å². The van der Waals surface area contributed by atoms with Crippen LogP contribution in [0.15, 0.2) is 46.7 Å². The second kappa shape index (κ2) is 7.92. The summed E-state index contributed by atoms with van der Waals surface area (Å²) in [6.07, 6.45) is 3.50. The lowest BCUT2D eigenvalue weighted by atomic mass is 9.78. The molecule has 0 aromatic heterocycles. The number of carbonyl (C=O) groups is 1. The number of benzene rings is 1. The highest BCUT2D eigenvalue weighted by atomic mass is 16.3. The third-order valence-electron chi connectivity index (χ3n) is 4.01. The van der Waals surface area contributed by atoms with Gasteiger partial charge in [-0.2, -0.15) is 0 Å². The average Bonchev–Trinajstić information content (AvgIpc) is 2.53. The summed E-state index contributed by atoms with van der Waals surface area (Å²) < 4.78 is 0. The Morgan fingerprint density at radius 1 is 1.18 bits per heavy atom. The molecule has 2 rings (SSSR count). The number of Topliss-reactive ketones (excluding diaryl/α,β-unsaturated/α-hetero) is 1. The molecular formula is C19H25NO2. The summed E-state index contributed by atoms with van der Waals surface area (Å²) in [5.41, 5.74) is 2.45. The van der Waals surface area contributed by atoms with Crippen molar-refractivity contribution in [1.82, 2.24) is 0 Å². The minimum Gasteiger partial charge on any atom is -0.511 e. The summed E-state index contributed by atoms with van der Waals surface area (Å²) in [5.74, 6) is 0.414. The number of aliphatic hydroxyl groups excluding tert-OH is 1. The molecule has 3 heteroatoms. The maximum absolute atomic E-state index is 12.6. The molecule has 0 heterocycles.